The summed E-state index contributed by atoms with van der Waals surface area (Å²) in [6, 6.07) is 7.56. The number of thioether (sulfide) groups is 1. The number of nitrogens with zero attached hydrogens (tertiary/aromatic N) is 3. The van der Waals surface area contributed by atoms with Crippen LogP contribution in [0.2, 0.25) is 0 Å². The number of carbonyl (C=O) groups is 1. The monoisotopic (exact) mass is 361 g/mol. The Morgan fingerprint density at radius 1 is 1.24 bits per heavy atom. The number of anilines is 1. The van der Waals surface area contributed by atoms with E-state index in [1.54, 1.807) is 36.3 Å². The number of carbonyl (C=O) groups excluding carboxylic acids is 1. The highest BCUT2D eigenvalue weighted by molar-refractivity contribution is 7.99. The summed E-state index contributed by atoms with van der Waals surface area (Å²) in [4.78, 5) is 14.0. The van der Waals surface area contributed by atoms with Crippen LogP contribution in [0.15, 0.2) is 50.7 Å². The highest BCUT2D eigenvalue weighted by atomic mass is 32.2. The Morgan fingerprint density at radius 2 is 2.00 bits per heavy atom. The van der Waals surface area contributed by atoms with Crippen LogP contribution in [-0.2, 0) is 4.79 Å². The van der Waals surface area contributed by atoms with E-state index in [0.29, 0.717) is 29.1 Å². The van der Waals surface area contributed by atoms with Gasteiger partial charge >= 0.3 is 0 Å². The van der Waals surface area contributed by atoms with E-state index in [1.165, 1.54) is 12.1 Å². The summed E-state index contributed by atoms with van der Waals surface area (Å²) >= 11 is 1.16. The first-order chi connectivity index (χ1) is 12.1. The molecule has 130 valence electrons. The van der Waals surface area contributed by atoms with E-state index >= 15 is 0 Å². The SMILES string of the molecule is CCN(C(=O)CSc1nnc(-c2ccoc2C)o1)c1ccc(F)cc1. The molecule has 0 unspecified atom stereocenters. The molecule has 0 aliphatic heterocycles. The van der Waals surface area contributed by atoms with Crippen LogP contribution in [0.3, 0.4) is 0 Å². The van der Waals surface area contributed by atoms with E-state index in [9.17, 15) is 9.18 Å². The lowest BCUT2D eigenvalue weighted by molar-refractivity contribution is -0.116. The Hall–Kier alpha value is -2.61. The molecule has 1 amide bonds. The van der Waals surface area contributed by atoms with E-state index < -0.39 is 0 Å². The zero-order chi connectivity index (χ0) is 17.8. The molecular formula is C17H16FN3O3S. The molecule has 0 aliphatic rings. The van der Waals surface area contributed by atoms with E-state index in [-0.39, 0.29) is 17.5 Å². The third-order valence-electron chi connectivity index (χ3n) is 3.57. The van der Waals surface area contributed by atoms with Crippen molar-refractivity contribution in [3.8, 4) is 11.5 Å². The number of rotatable bonds is 6. The van der Waals surface area contributed by atoms with Crippen molar-refractivity contribution in [2.45, 2.75) is 19.1 Å². The second-order valence-corrected chi connectivity index (χ2v) is 6.09. The Kier molecular flexibility index (Phi) is 5.18. The zero-order valence-electron chi connectivity index (χ0n) is 13.7. The van der Waals surface area contributed by atoms with Crippen LogP contribution in [0.1, 0.15) is 12.7 Å². The number of benzene rings is 1. The number of aromatic nitrogens is 2. The van der Waals surface area contributed by atoms with Gasteiger partial charge < -0.3 is 13.7 Å². The molecular weight excluding hydrogens is 345 g/mol. The second kappa shape index (κ2) is 7.52. The number of hydrogen-bond acceptors (Lipinski definition) is 6. The summed E-state index contributed by atoms with van der Waals surface area (Å²) < 4.78 is 23.8. The summed E-state index contributed by atoms with van der Waals surface area (Å²) in [5, 5.41) is 8.21. The standard InChI is InChI=1S/C17H16FN3O3S/c1-3-21(13-6-4-12(18)5-7-13)15(22)10-25-17-20-19-16(24-17)14-8-9-23-11(14)2/h4-9H,3,10H2,1-2H3. The molecule has 2 aromatic heterocycles. The third kappa shape index (κ3) is 3.90. The van der Waals surface area contributed by atoms with Gasteiger partial charge in [-0.2, -0.15) is 0 Å². The maximum Gasteiger partial charge on any atom is 0.277 e. The van der Waals surface area contributed by atoms with Gasteiger partial charge in [-0.25, -0.2) is 4.39 Å². The van der Waals surface area contributed by atoms with Crippen LogP contribution >= 0.6 is 11.8 Å². The van der Waals surface area contributed by atoms with Crippen LogP contribution in [0, 0.1) is 12.7 Å². The zero-order valence-corrected chi connectivity index (χ0v) is 14.5. The fourth-order valence-corrected chi connectivity index (χ4v) is 2.95. The van der Waals surface area contributed by atoms with Crippen molar-refractivity contribution in [1.82, 2.24) is 10.2 Å². The van der Waals surface area contributed by atoms with Gasteiger partial charge in [0.15, 0.2) is 0 Å². The van der Waals surface area contributed by atoms with E-state index in [2.05, 4.69) is 10.2 Å². The molecule has 0 saturated heterocycles. The van der Waals surface area contributed by atoms with Crippen LogP contribution in [-0.4, -0.2) is 28.4 Å². The molecule has 0 atom stereocenters. The molecule has 6 nitrogen and oxygen atoms in total. The largest absolute Gasteiger partial charge is 0.469 e. The van der Waals surface area contributed by atoms with Crippen molar-refractivity contribution in [3.63, 3.8) is 0 Å². The van der Waals surface area contributed by atoms with E-state index in [0.717, 1.165) is 17.3 Å². The van der Waals surface area contributed by atoms with Gasteiger partial charge in [0.05, 0.1) is 17.6 Å². The van der Waals surface area contributed by atoms with Gasteiger partial charge in [0.1, 0.15) is 11.6 Å². The van der Waals surface area contributed by atoms with Gasteiger partial charge in [0.25, 0.3) is 11.1 Å². The van der Waals surface area contributed by atoms with Crippen LogP contribution in [0.5, 0.6) is 0 Å². The van der Waals surface area contributed by atoms with Crippen molar-refractivity contribution in [2.24, 2.45) is 0 Å². The minimum Gasteiger partial charge on any atom is -0.469 e. The third-order valence-corrected chi connectivity index (χ3v) is 4.37. The average Bonchev–Trinajstić information content (AvgIpc) is 3.24. The number of hydrogen-bond donors (Lipinski definition) is 0. The van der Waals surface area contributed by atoms with Crippen molar-refractivity contribution >= 4 is 23.4 Å². The van der Waals surface area contributed by atoms with Crippen molar-refractivity contribution in [1.29, 1.82) is 0 Å². The molecule has 0 aliphatic carbocycles. The second-order valence-electron chi connectivity index (χ2n) is 5.17. The molecule has 8 heteroatoms. The van der Waals surface area contributed by atoms with Gasteiger partial charge in [0, 0.05) is 12.2 Å². The maximum absolute atomic E-state index is 13.0. The smallest absolute Gasteiger partial charge is 0.277 e. The van der Waals surface area contributed by atoms with Crippen molar-refractivity contribution < 1.29 is 18.0 Å². The normalized spacial score (nSPS) is 10.8. The lowest BCUT2D eigenvalue weighted by Crippen LogP contribution is -2.32. The molecule has 0 radical (unpaired) electrons. The van der Waals surface area contributed by atoms with Crippen molar-refractivity contribution in [2.75, 3.05) is 17.2 Å². The molecule has 0 fully saturated rings. The molecule has 2 heterocycles. The lowest BCUT2D eigenvalue weighted by Gasteiger charge is -2.20. The fourth-order valence-electron chi connectivity index (χ4n) is 2.31. The molecule has 0 bridgehead atoms. The minimum absolute atomic E-state index is 0.127. The van der Waals surface area contributed by atoms with Crippen LogP contribution in [0.4, 0.5) is 10.1 Å². The van der Waals surface area contributed by atoms with E-state index in [1.807, 2.05) is 6.92 Å². The molecule has 0 saturated carbocycles. The molecule has 1 aromatic carbocycles. The van der Waals surface area contributed by atoms with Gasteiger partial charge in [-0.15, -0.1) is 10.2 Å². The quantitative estimate of drug-likeness (QED) is 0.620. The lowest BCUT2D eigenvalue weighted by atomic mass is 10.3. The summed E-state index contributed by atoms with van der Waals surface area (Å²) in [5.41, 5.74) is 1.38. The summed E-state index contributed by atoms with van der Waals surface area (Å²) in [6.45, 7) is 4.14. The highest BCUT2D eigenvalue weighted by Gasteiger charge is 2.18. The Balaban J connectivity index is 1.64. The first-order valence-electron chi connectivity index (χ1n) is 7.65. The number of aryl methyl sites for hydroxylation is 1. The number of halogens is 1. The summed E-state index contributed by atoms with van der Waals surface area (Å²) in [6.07, 6.45) is 1.55. The van der Waals surface area contributed by atoms with Crippen LogP contribution in [0.25, 0.3) is 11.5 Å². The molecule has 0 N–H and O–H groups in total. The first-order valence-corrected chi connectivity index (χ1v) is 8.63. The first kappa shape index (κ1) is 17.2. The number of amides is 1. The predicted molar refractivity (Wildman–Crippen MR) is 91.9 cm³/mol. The van der Waals surface area contributed by atoms with Crippen LogP contribution < -0.4 is 4.90 Å². The Bertz CT molecular complexity index is 860. The highest BCUT2D eigenvalue weighted by Crippen LogP contribution is 2.26. The molecule has 3 aromatic rings. The van der Waals surface area contributed by atoms with Gasteiger partial charge in [0.2, 0.25) is 5.91 Å². The average molecular weight is 361 g/mol. The number of furan rings is 1. The Labute approximate surface area is 148 Å². The molecule has 0 spiro atoms. The van der Waals surface area contributed by atoms with Gasteiger partial charge in [-0.3, -0.25) is 4.79 Å². The molecule has 3 rings (SSSR count). The van der Waals surface area contributed by atoms with Gasteiger partial charge in [-0.05, 0) is 44.2 Å². The predicted octanol–water partition coefficient (Wildman–Crippen LogP) is 3.92. The maximum atomic E-state index is 13.0. The molecule has 25 heavy (non-hydrogen) atoms. The van der Waals surface area contributed by atoms with E-state index in [4.69, 9.17) is 8.83 Å². The topological polar surface area (TPSA) is 72.4 Å². The van der Waals surface area contributed by atoms with Gasteiger partial charge in [-0.1, -0.05) is 11.8 Å². The summed E-state index contributed by atoms with van der Waals surface area (Å²) in [5.74, 6) is 0.710. The van der Waals surface area contributed by atoms with Crippen molar-refractivity contribution in [3.05, 3.63) is 48.2 Å². The minimum atomic E-state index is -0.338. The Morgan fingerprint density at radius 3 is 2.64 bits per heavy atom. The summed E-state index contributed by atoms with van der Waals surface area (Å²) in [7, 11) is 0. The fraction of sp³-hybridized carbons (Fsp3) is 0.235.